The minimum atomic E-state index is -1.09. The number of nitrogens with one attached hydrogen (secondary N) is 1. The molecule has 0 aliphatic carbocycles. The van der Waals surface area contributed by atoms with Crippen LogP contribution in [0.4, 0.5) is 5.69 Å². The quantitative estimate of drug-likeness (QED) is 0.714. The van der Waals surface area contributed by atoms with E-state index >= 15 is 0 Å². The number of carbonyl (C=O) groups excluding carboxylic acids is 1. The summed E-state index contributed by atoms with van der Waals surface area (Å²) in [5, 5.41) is 11.8. The van der Waals surface area contributed by atoms with Crippen molar-refractivity contribution in [3.63, 3.8) is 0 Å². The third-order valence-corrected chi connectivity index (χ3v) is 3.37. The monoisotopic (exact) mass is 359 g/mol. The molecule has 0 aliphatic rings. The summed E-state index contributed by atoms with van der Waals surface area (Å²) in [5.74, 6) is -0.00739. The van der Waals surface area contributed by atoms with Crippen LogP contribution < -0.4 is 19.5 Å². The van der Waals surface area contributed by atoms with Gasteiger partial charge in [0.15, 0.2) is 6.61 Å². The molecular formula is C19H21NO6. The maximum atomic E-state index is 12.2. The predicted octanol–water partition coefficient (Wildman–Crippen LogP) is 3.20. The fourth-order valence-electron chi connectivity index (χ4n) is 2.12. The van der Waals surface area contributed by atoms with E-state index in [0.29, 0.717) is 23.9 Å². The summed E-state index contributed by atoms with van der Waals surface area (Å²) in [6.45, 7) is 2.17. The molecule has 0 saturated carbocycles. The first-order valence-corrected chi connectivity index (χ1v) is 8.10. The topological polar surface area (TPSA) is 94.1 Å². The Hall–Kier alpha value is -3.22. The predicted molar refractivity (Wildman–Crippen MR) is 96.3 cm³/mol. The van der Waals surface area contributed by atoms with Gasteiger partial charge in [0.1, 0.15) is 17.2 Å². The average molecular weight is 359 g/mol. The second kappa shape index (κ2) is 9.31. The van der Waals surface area contributed by atoms with Gasteiger partial charge in [-0.1, -0.05) is 13.0 Å². The van der Waals surface area contributed by atoms with Crippen molar-refractivity contribution in [3.05, 3.63) is 48.0 Å². The second-order valence-corrected chi connectivity index (χ2v) is 5.38. The van der Waals surface area contributed by atoms with Gasteiger partial charge in [-0.2, -0.15) is 0 Å². The van der Waals surface area contributed by atoms with E-state index in [1.807, 2.05) is 6.92 Å². The van der Waals surface area contributed by atoms with Gasteiger partial charge in [0.05, 0.1) is 25.0 Å². The molecule has 2 N–H and O–H groups in total. The third-order valence-electron chi connectivity index (χ3n) is 3.37. The van der Waals surface area contributed by atoms with Crippen LogP contribution >= 0.6 is 0 Å². The summed E-state index contributed by atoms with van der Waals surface area (Å²) in [6, 6.07) is 11.2. The molecule has 0 spiro atoms. The Bertz CT molecular complexity index is 774. The number of carboxylic acids is 1. The van der Waals surface area contributed by atoms with Gasteiger partial charge in [-0.05, 0) is 36.8 Å². The summed E-state index contributed by atoms with van der Waals surface area (Å²) < 4.78 is 16.1. The summed E-state index contributed by atoms with van der Waals surface area (Å²) >= 11 is 0. The standard InChI is InChI=1S/C19H21NO6/c1-3-9-25-17-8-7-13(19(22)23)10-16(17)20-18(21)12-26-15-6-4-5-14(11-15)24-2/h4-8,10-11H,3,9,12H2,1-2H3,(H,20,21)(H,22,23). The van der Waals surface area contributed by atoms with E-state index in [1.165, 1.54) is 18.2 Å². The molecule has 2 rings (SSSR count). The highest BCUT2D eigenvalue weighted by Crippen LogP contribution is 2.26. The van der Waals surface area contributed by atoms with Crippen LogP contribution in [0.2, 0.25) is 0 Å². The lowest BCUT2D eigenvalue weighted by atomic mass is 10.2. The molecule has 0 radical (unpaired) electrons. The zero-order valence-electron chi connectivity index (χ0n) is 14.7. The van der Waals surface area contributed by atoms with Crippen molar-refractivity contribution in [2.24, 2.45) is 0 Å². The van der Waals surface area contributed by atoms with Crippen molar-refractivity contribution < 1.29 is 28.9 Å². The van der Waals surface area contributed by atoms with Gasteiger partial charge in [-0.15, -0.1) is 0 Å². The van der Waals surface area contributed by atoms with Crippen LogP contribution in [-0.4, -0.2) is 37.3 Å². The summed E-state index contributed by atoms with van der Waals surface area (Å²) in [6.07, 6.45) is 0.785. The lowest BCUT2D eigenvalue weighted by molar-refractivity contribution is -0.118. The molecule has 2 aromatic carbocycles. The van der Waals surface area contributed by atoms with Crippen molar-refractivity contribution in [2.45, 2.75) is 13.3 Å². The number of aromatic carboxylic acids is 1. The number of anilines is 1. The highest BCUT2D eigenvalue weighted by atomic mass is 16.5. The molecule has 1 amide bonds. The van der Waals surface area contributed by atoms with Crippen LogP contribution in [0.1, 0.15) is 23.7 Å². The summed E-state index contributed by atoms with van der Waals surface area (Å²) in [5.41, 5.74) is 0.343. The zero-order valence-corrected chi connectivity index (χ0v) is 14.7. The van der Waals surface area contributed by atoms with Crippen molar-refractivity contribution >= 4 is 17.6 Å². The average Bonchev–Trinajstić information content (AvgIpc) is 2.65. The third kappa shape index (κ3) is 5.41. The van der Waals surface area contributed by atoms with Crippen LogP contribution in [0.25, 0.3) is 0 Å². The van der Waals surface area contributed by atoms with Crippen molar-refractivity contribution in [3.8, 4) is 17.2 Å². The molecule has 7 heteroatoms. The Morgan fingerprint density at radius 1 is 1.08 bits per heavy atom. The molecule has 0 saturated heterocycles. The Balaban J connectivity index is 2.06. The smallest absolute Gasteiger partial charge is 0.335 e. The molecule has 138 valence electrons. The van der Waals surface area contributed by atoms with E-state index in [1.54, 1.807) is 31.4 Å². The molecule has 0 aromatic heterocycles. The summed E-state index contributed by atoms with van der Waals surface area (Å²) in [7, 11) is 1.54. The number of carbonyl (C=O) groups is 2. The van der Waals surface area contributed by atoms with Gasteiger partial charge < -0.3 is 24.6 Å². The molecule has 2 aromatic rings. The molecule has 0 atom stereocenters. The van der Waals surface area contributed by atoms with Crippen LogP contribution in [0.5, 0.6) is 17.2 Å². The maximum Gasteiger partial charge on any atom is 0.335 e. The number of carboxylic acid groups (broad SMARTS) is 1. The molecule has 7 nitrogen and oxygen atoms in total. The van der Waals surface area contributed by atoms with Gasteiger partial charge in [-0.25, -0.2) is 4.79 Å². The number of hydrogen-bond donors (Lipinski definition) is 2. The fourth-order valence-corrected chi connectivity index (χ4v) is 2.12. The molecule has 0 bridgehead atoms. The van der Waals surface area contributed by atoms with E-state index in [2.05, 4.69) is 5.32 Å². The fraction of sp³-hybridized carbons (Fsp3) is 0.263. The van der Waals surface area contributed by atoms with Gasteiger partial charge in [0, 0.05) is 6.07 Å². The number of hydrogen-bond acceptors (Lipinski definition) is 5. The van der Waals surface area contributed by atoms with Gasteiger partial charge >= 0.3 is 5.97 Å². The highest BCUT2D eigenvalue weighted by molar-refractivity contribution is 5.96. The number of benzene rings is 2. The van der Waals surface area contributed by atoms with Crippen molar-refractivity contribution in [2.75, 3.05) is 25.6 Å². The maximum absolute atomic E-state index is 12.2. The number of methoxy groups -OCH3 is 1. The van der Waals surface area contributed by atoms with E-state index in [0.717, 1.165) is 6.42 Å². The number of amides is 1. The molecule has 0 heterocycles. The first-order valence-electron chi connectivity index (χ1n) is 8.10. The highest BCUT2D eigenvalue weighted by Gasteiger charge is 2.13. The summed E-state index contributed by atoms with van der Waals surface area (Å²) in [4.78, 5) is 23.3. The Morgan fingerprint density at radius 3 is 2.54 bits per heavy atom. The lowest BCUT2D eigenvalue weighted by Crippen LogP contribution is -2.21. The van der Waals surface area contributed by atoms with Gasteiger partial charge in [0.2, 0.25) is 0 Å². The minimum Gasteiger partial charge on any atom is -0.497 e. The molecule has 26 heavy (non-hydrogen) atoms. The normalized spacial score (nSPS) is 10.1. The van der Waals surface area contributed by atoms with Crippen molar-refractivity contribution in [1.29, 1.82) is 0 Å². The van der Waals surface area contributed by atoms with E-state index in [9.17, 15) is 9.59 Å². The van der Waals surface area contributed by atoms with E-state index in [4.69, 9.17) is 19.3 Å². The molecule has 0 fully saturated rings. The van der Waals surface area contributed by atoms with Gasteiger partial charge in [0.25, 0.3) is 5.91 Å². The minimum absolute atomic E-state index is 0.0536. The number of rotatable bonds is 9. The molecule has 0 unspecified atom stereocenters. The first kappa shape index (κ1) is 19.1. The zero-order chi connectivity index (χ0) is 18.9. The Kier molecular flexibility index (Phi) is 6.84. The first-order chi connectivity index (χ1) is 12.5. The molecular weight excluding hydrogens is 338 g/mol. The van der Waals surface area contributed by atoms with Crippen LogP contribution in [0.3, 0.4) is 0 Å². The second-order valence-electron chi connectivity index (χ2n) is 5.38. The van der Waals surface area contributed by atoms with Crippen molar-refractivity contribution in [1.82, 2.24) is 0 Å². The largest absolute Gasteiger partial charge is 0.497 e. The van der Waals surface area contributed by atoms with Gasteiger partial charge in [-0.3, -0.25) is 4.79 Å². The van der Waals surface area contributed by atoms with E-state index < -0.39 is 11.9 Å². The Morgan fingerprint density at radius 2 is 1.85 bits per heavy atom. The van der Waals surface area contributed by atoms with Crippen LogP contribution in [0.15, 0.2) is 42.5 Å². The number of ether oxygens (including phenoxy) is 3. The SMILES string of the molecule is CCCOc1ccc(C(=O)O)cc1NC(=O)COc1cccc(OC)c1. The van der Waals surface area contributed by atoms with E-state index in [-0.39, 0.29) is 17.9 Å². The van der Waals surface area contributed by atoms with Crippen LogP contribution in [0, 0.1) is 0 Å². The molecule has 0 aliphatic heterocycles. The van der Waals surface area contributed by atoms with Crippen LogP contribution in [-0.2, 0) is 4.79 Å². The Labute approximate surface area is 151 Å². The lowest BCUT2D eigenvalue weighted by Gasteiger charge is -2.13.